The van der Waals surface area contributed by atoms with Crippen LogP contribution in [0.2, 0.25) is 0 Å². The molecule has 0 amide bonds. The number of nitrogens with one attached hydrogen (secondary N) is 1. The zero-order valence-electron chi connectivity index (χ0n) is 11.0. The van der Waals surface area contributed by atoms with Crippen molar-refractivity contribution in [2.75, 3.05) is 11.9 Å². The normalized spacial score (nSPS) is 10.3. The Labute approximate surface area is 94.9 Å². The molecule has 0 radical (unpaired) electrons. The van der Waals surface area contributed by atoms with Crippen molar-refractivity contribution in [1.29, 1.82) is 0 Å². The molecular formula is C14H25N. The lowest BCUT2D eigenvalue weighted by Crippen LogP contribution is -2.19. The molecule has 1 aromatic carbocycles. The van der Waals surface area contributed by atoms with E-state index in [0.717, 1.165) is 6.54 Å². The van der Waals surface area contributed by atoms with Crippen molar-refractivity contribution in [3.8, 4) is 0 Å². The second-order valence-electron chi connectivity index (χ2n) is 4.73. The molecule has 15 heavy (non-hydrogen) atoms. The van der Waals surface area contributed by atoms with Crippen molar-refractivity contribution < 1.29 is 0 Å². The summed E-state index contributed by atoms with van der Waals surface area (Å²) >= 11 is 0. The molecule has 0 saturated carbocycles. The van der Waals surface area contributed by atoms with Crippen LogP contribution in [0.25, 0.3) is 0 Å². The van der Waals surface area contributed by atoms with E-state index < -0.39 is 0 Å². The second kappa shape index (κ2) is 6.49. The molecule has 1 heteroatoms. The Bertz CT molecular complexity index is 271. The van der Waals surface area contributed by atoms with Crippen LogP contribution in [0.1, 0.15) is 40.2 Å². The number of hydrogen-bond donors (Lipinski definition) is 1. The first-order valence-electron chi connectivity index (χ1n) is 5.78. The van der Waals surface area contributed by atoms with Crippen LogP contribution in [0.5, 0.6) is 0 Å². The van der Waals surface area contributed by atoms with Crippen LogP contribution in [0, 0.1) is 12.3 Å². The van der Waals surface area contributed by atoms with E-state index in [1.165, 1.54) is 11.3 Å². The number of anilines is 1. The SMILES string of the molecule is CC.Cc1ccccc1NCC(C)(C)C. The first-order chi connectivity index (χ1) is 6.99. The Hall–Kier alpha value is -0.980. The lowest BCUT2D eigenvalue weighted by molar-refractivity contribution is 0.443. The fraction of sp³-hybridized carbons (Fsp3) is 0.571. The standard InChI is InChI=1S/C12H19N.C2H6/c1-10-7-5-6-8-11(10)13-9-12(2,3)4;1-2/h5-8,13H,9H2,1-4H3;1-2H3. The Kier molecular flexibility index (Phi) is 6.07. The topological polar surface area (TPSA) is 12.0 Å². The zero-order valence-corrected chi connectivity index (χ0v) is 11.0. The Morgan fingerprint density at radius 1 is 1.07 bits per heavy atom. The van der Waals surface area contributed by atoms with Crippen LogP contribution in [-0.4, -0.2) is 6.54 Å². The second-order valence-corrected chi connectivity index (χ2v) is 4.73. The average Bonchev–Trinajstić information content (AvgIpc) is 2.18. The Balaban J connectivity index is 0.000000921. The van der Waals surface area contributed by atoms with Gasteiger partial charge in [-0.2, -0.15) is 0 Å². The van der Waals surface area contributed by atoms with Crippen molar-refractivity contribution in [1.82, 2.24) is 0 Å². The van der Waals surface area contributed by atoms with E-state index in [1.807, 2.05) is 13.8 Å². The maximum absolute atomic E-state index is 3.45. The monoisotopic (exact) mass is 207 g/mol. The van der Waals surface area contributed by atoms with Gasteiger partial charge in [0.05, 0.1) is 0 Å². The van der Waals surface area contributed by atoms with Crippen LogP contribution in [0.15, 0.2) is 24.3 Å². The molecular weight excluding hydrogens is 182 g/mol. The number of para-hydroxylation sites is 1. The van der Waals surface area contributed by atoms with E-state index in [4.69, 9.17) is 0 Å². The van der Waals surface area contributed by atoms with Crippen molar-refractivity contribution >= 4 is 5.69 Å². The van der Waals surface area contributed by atoms with Gasteiger partial charge in [-0.1, -0.05) is 52.8 Å². The van der Waals surface area contributed by atoms with E-state index >= 15 is 0 Å². The predicted octanol–water partition coefficient (Wildman–Crippen LogP) is 4.48. The highest BCUT2D eigenvalue weighted by atomic mass is 14.9. The molecule has 0 aliphatic heterocycles. The summed E-state index contributed by atoms with van der Waals surface area (Å²) < 4.78 is 0. The molecule has 0 aliphatic rings. The van der Waals surface area contributed by atoms with E-state index in [-0.39, 0.29) is 0 Å². The summed E-state index contributed by atoms with van der Waals surface area (Å²) in [6, 6.07) is 8.39. The van der Waals surface area contributed by atoms with Gasteiger partial charge in [0.25, 0.3) is 0 Å². The minimum Gasteiger partial charge on any atom is -0.384 e. The van der Waals surface area contributed by atoms with Crippen LogP contribution in [-0.2, 0) is 0 Å². The van der Waals surface area contributed by atoms with E-state index in [0.29, 0.717) is 5.41 Å². The fourth-order valence-corrected chi connectivity index (χ4v) is 1.13. The number of aryl methyl sites for hydroxylation is 1. The van der Waals surface area contributed by atoms with Crippen molar-refractivity contribution in [3.63, 3.8) is 0 Å². The molecule has 86 valence electrons. The molecule has 0 saturated heterocycles. The van der Waals surface area contributed by atoms with Gasteiger partial charge in [-0.25, -0.2) is 0 Å². The van der Waals surface area contributed by atoms with Crippen molar-refractivity contribution in [2.24, 2.45) is 5.41 Å². The fourth-order valence-electron chi connectivity index (χ4n) is 1.13. The van der Waals surface area contributed by atoms with E-state index in [1.54, 1.807) is 0 Å². The average molecular weight is 207 g/mol. The summed E-state index contributed by atoms with van der Waals surface area (Å²) in [6.45, 7) is 13.8. The van der Waals surface area contributed by atoms with Gasteiger partial charge < -0.3 is 5.32 Å². The van der Waals surface area contributed by atoms with Gasteiger partial charge in [0, 0.05) is 12.2 Å². The minimum atomic E-state index is 0.336. The van der Waals surface area contributed by atoms with Gasteiger partial charge >= 0.3 is 0 Å². The predicted molar refractivity (Wildman–Crippen MR) is 70.5 cm³/mol. The molecule has 1 aromatic rings. The van der Waals surface area contributed by atoms with Gasteiger partial charge in [-0.15, -0.1) is 0 Å². The number of rotatable bonds is 2. The van der Waals surface area contributed by atoms with Crippen LogP contribution < -0.4 is 5.32 Å². The third kappa shape index (κ3) is 6.16. The van der Waals surface area contributed by atoms with Crippen LogP contribution >= 0.6 is 0 Å². The lowest BCUT2D eigenvalue weighted by Gasteiger charge is -2.20. The van der Waals surface area contributed by atoms with Gasteiger partial charge in [0.1, 0.15) is 0 Å². The molecule has 0 aliphatic carbocycles. The molecule has 0 fully saturated rings. The maximum atomic E-state index is 3.45. The number of hydrogen-bond acceptors (Lipinski definition) is 1. The summed E-state index contributed by atoms with van der Waals surface area (Å²) in [4.78, 5) is 0. The Morgan fingerprint density at radius 2 is 1.60 bits per heavy atom. The third-order valence-corrected chi connectivity index (χ3v) is 1.95. The third-order valence-electron chi connectivity index (χ3n) is 1.95. The summed E-state index contributed by atoms with van der Waals surface area (Å²) in [6.07, 6.45) is 0. The smallest absolute Gasteiger partial charge is 0.0370 e. The first-order valence-corrected chi connectivity index (χ1v) is 5.78. The molecule has 0 spiro atoms. The molecule has 0 unspecified atom stereocenters. The van der Waals surface area contributed by atoms with Crippen molar-refractivity contribution in [3.05, 3.63) is 29.8 Å². The number of benzene rings is 1. The largest absolute Gasteiger partial charge is 0.384 e. The molecule has 0 heterocycles. The summed E-state index contributed by atoms with van der Waals surface area (Å²) in [5.74, 6) is 0. The summed E-state index contributed by atoms with van der Waals surface area (Å²) in [5, 5.41) is 3.45. The van der Waals surface area contributed by atoms with E-state index in [2.05, 4.69) is 57.3 Å². The molecule has 1 nitrogen and oxygen atoms in total. The first kappa shape index (κ1) is 14.0. The van der Waals surface area contributed by atoms with Crippen LogP contribution in [0.4, 0.5) is 5.69 Å². The van der Waals surface area contributed by atoms with Crippen LogP contribution in [0.3, 0.4) is 0 Å². The van der Waals surface area contributed by atoms with Crippen molar-refractivity contribution in [2.45, 2.75) is 41.5 Å². The van der Waals surface area contributed by atoms with Gasteiger partial charge in [-0.05, 0) is 24.0 Å². The van der Waals surface area contributed by atoms with Gasteiger partial charge in [-0.3, -0.25) is 0 Å². The molecule has 1 N–H and O–H groups in total. The van der Waals surface area contributed by atoms with Gasteiger partial charge in [0.15, 0.2) is 0 Å². The highest BCUT2D eigenvalue weighted by Gasteiger charge is 2.09. The summed E-state index contributed by atoms with van der Waals surface area (Å²) in [7, 11) is 0. The lowest BCUT2D eigenvalue weighted by atomic mass is 9.97. The van der Waals surface area contributed by atoms with E-state index in [9.17, 15) is 0 Å². The quantitative estimate of drug-likeness (QED) is 0.754. The molecule has 1 rings (SSSR count). The summed E-state index contributed by atoms with van der Waals surface area (Å²) in [5.41, 5.74) is 2.90. The Morgan fingerprint density at radius 3 is 2.07 bits per heavy atom. The molecule has 0 bridgehead atoms. The maximum Gasteiger partial charge on any atom is 0.0370 e. The zero-order chi connectivity index (χ0) is 11.9. The van der Waals surface area contributed by atoms with Gasteiger partial charge in [0.2, 0.25) is 0 Å². The highest BCUT2D eigenvalue weighted by molar-refractivity contribution is 5.50. The molecule has 0 aromatic heterocycles. The molecule has 0 atom stereocenters. The highest BCUT2D eigenvalue weighted by Crippen LogP contribution is 2.17. The minimum absolute atomic E-state index is 0.336.